The molecule has 0 bridgehead atoms. The molecule has 0 saturated heterocycles. The number of allylic oxidation sites excluding steroid dienone is 2. The molecule has 0 spiro atoms. The molecule has 1 aliphatic carbocycles. The summed E-state index contributed by atoms with van der Waals surface area (Å²) in [5.74, 6) is -12.3. The number of alkyl halides is 5. The number of ether oxygens (including phenoxy) is 1. The number of rotatable bonds is 5. The second-order valence-corrected chi connectivity index (χ2v) is 8.78. The molecule has 0 heterocycles. The fourth-order valence-corrected chi connectivity index (χ4v) is 4.18. The van der Waals surface area contributed by atoms with Crippen LogP contribution in [-0.4, -0.2) is 12.3 Å². The molecule has 0 amide bonds. The van der Waals surface area contributed by atoms with Crippen LogP contribution in [0.1, 0.15) is 17.5 Å². The first-order valence-electron chi connectivity index (χ1n) is 11.1. The van der Waals surface area contributed by atoms with E-state index in [9.17, 15) is 52.7 Å². The largest absolute Gasteiger partial charge is 0.421 e. The van der Waals surface area contributed by atoms with Gasteiger partial charge < -0.3 is 4.74 Å². The van der Waals surface area contributed by atoms with Gasteiger partial charge in [-0.15, -0.1) is 0 Å². The van der Waals surface area contributed by atoms with Crippen molar-refractivity contribution < 1.29 is 57.4 Å². The van der Waals surface area contributed by atoms with Crippen LogP contribution in [-0.2, 0) is 10.8 Å². The zero-order chi connectivity index (χ0) is 29.7. The van der Waals surface area contributed by atoms with Gasteiger partial charge in [-0.25, -0.2) is 30.7 Å². The Hall–Kier alpha value is -3.74. The van der Waals surface area contributed by atoms with Crippen molar-refractivity contribution in [1.82, 2.24) is 0 Å². The van der Waals surface area contributed by atoms with E-state index in [1.54, 1.807) is 6.92 Å². The molecule has 0 radical (unpaired) electrons. The molecule has 13 heteroatoms. The van der Waals surface area contributed by atoms with E-state index >= 15 is 0 Å². The van der Waals surface area contributed by atoms with Crippen LogP contribution in [0.2, 0.25) is 0 Å². The molecule has 1 nitrogen and oxygen atoms in total. The SMILES string of the molecule is Cc1ccc(-c2cc(F)c(-c3cc(F)c(C(F)(F)OC4C=C(F)C(C(F)(F)F)=C(F)C4)c(F)c3)c(F)c2)c(F)c1. The highest BCUT2D eigenvalue weighted by Crippen LogP contribution is 2.43. The molecule has 0 aromatic heterocycles. The smallest absolute Gasteiger partial charge is 0.308 e. The second kappa shape index (κ2) is 10.3. The number of hydrogen-bond acceptors (Lipinski definition) is 1. The van der Waals surface area contributed by atoms with Gasteiger partial charge in [-0.3, -0.25) is 0 Å². The highest BCUT2D eigenvalue weighted by Gasteiger charge is 2.46. The van der Waals surface area contributed by atoms with E-state index in [4.69, 9.17) is 0 Å². The standard InChI is InChI=1S/C27H14F12O/c1-11-2-3-15(16(28)4-11)12-5-17(29)23(18(30)6-12)13-7-19(31)25(20(32)8-13)27(38,39)40-14-9-21(33)24(22(34)10-14)26(35,36)37/h2-9,14H,10H2,1H3. The topological polar surface area (TPSA) is 9.23 Å². The number of aryl methyl sites for hydroxylation is 1. The average molecular weight is 582 g/mol. The molecular weight excluding hydrogens is 568 g/mol. The van der Waals surface area contributed by atoms with Crippen LogP contribution in [0.3, 0.4) is 0 Å². The van der Waals surface area contributed by atoms with Crippen molar-refractivity contribution >= 4 is 0 Å². The zero-order valence-corrected chi connectivity index (χ0v) is 19.8. The van der Waals surface area contributed by atoms with E-state index in [0.29, 0.717) is 17.7 Å². The van der Waals surface area contributed by atoms with E-state index < -0.39 is 87.8 Å². The molecule has 4 rings (SSSR count). The summed E-state index contributed by atoms with van der Waals surface area (Å²) in [6.45, 7) is 1.57. The molecule has 0 fully saturated rings. The lowest BCUT2D eigenvalue weighted by molar-refractivity contribution is -0.268. The summed E-state index contributed by atoms with van der Waals surface area (Å²) < 4.78 is 172. The first-order valence-corrected chi connectivity index (χ1v) is 11.1. The Morgan fingerprint density at radius 1 is 0.700 bits per heavy atom. The fourth-order valence-electron chi connectivity index (χ4n) is 4.18. The van der Waals surface area contributed by atoms with Crippen molar-refractivity contribution in [2.75, 3.05) is 0 Å². The Morgan fingerprint density at radius 3 is 1.75 bits per heavy atom. The number of benzene rings is 3. The lowest BCUT2D eigenvalue weighted by atomic mass is 9.96. The van der Waals surface area contributed by atoms with Crippen LogP contribution < -0.4 is 0 Å². The van der Waals surface area contributed by atoms with E-state index in [1.165, 1.54) is 12.1 Å². The van der Waals surface area contributed by atoms with Gasteiger partial charge in [0.2, 0.25) is 0 Å². The number of hydrogen-bond donors (Lipinski definition) is 0. The molecule has 3 aromatic carbocycles. The van der Waals surface area contributed by atoms with Crippen molar-refractivity contribution in [3.8, 4) is 22.3 Å². The molecule has 0 N–H and O–H groups in total. The van der Waals surface area contributed by atoms with Crippen molar-refractivity contribution in [1.29, 1.82) is 0 Å². The molecule has 3 aromatic rings. The Balaban J connectivity index is 1.66. The number of halogens is 12. The Bertz CT molecular complexity index is 1510. The summed E-state index contributed by atoms with van der Waals surface area (Å²) in [5.41, 5.74) is -6.34. The van der Waals surface area contributed by atoms with Gasteiger partial charge in [-0.1, -0.05) is 12.1 Å². The summed E-state index contributed by atoms with van der Waals surface area (Å²) >= 11 is 0. The highest BCUT2D eigenvalue weighted by atomic mass is 19.4. The second-order valence-electron chi connectivity index (χ2n) is 8.78. The van der Waals surface area contributed by atoms with Gasteiger partial charge in [-0.2, -0.15) is 22.0 Å². The van der Waals surface area contributed by atoms with Gasteiger partial charge in [0, 0.05) is 12.0 Å². The lowest BCUT2D eigenvalue weighted by Gasteiger charge is -2.26. The quantitative estimate of drug-likeness (QED) is 0.273. The van der Waals surface area contributed by atoms with E-state index in [2.05, 4.69) is 4.74 Å². The summed E-state index contributed by atoms with van der Waals surface area (Å²) in [6, 6.07) is 5.39. The summed E-state index contributed by atoms with van der Waals surface area (Å²) in [6.07, 6.45) is -14.5. The van der Waals surface area contributed by atoms with Crippen molar-refractivity contribution in [3.05, 3.63) is 106 Å². The molecule has 1 aliphatic rings. The van der Waals surface area contributed by atoms with Crippen molar-refractivity contribution in [2.24, 2.45) is 0 Å². The third-order valence-corrected chi connectivity index (χ3v) is 5.91. The van der Waals surface area contributed by atoms with Gasteiger partial charge in [0.1, 0.15) is 51.9 Å². The van der Waals surface area contributed by atoms with Gasteiger partial charge >= 0.3 is 12.3 Å². The van der Waals surface area contributed by atoms with Crippen LogP contribution in [0.4, 0.5) is 52.7 Å². The van der Waals surface area contributed by atoms with Crippen molar-refractivity contribution in [3.63, 3.8) is 0 Å². The molecule has 0 aliphatic heterocycles. The van der Waals surface area contributed by atoms with Crippen LogP contribution in [0, 0.1) is 36.0 Å². The fraction of sp³-hybridized carbons (Fsp3) is 0.185. The summed E-state index contributed by atoms with van der Waals surface area (Å²) in [4.78, 5) is 0. The third kappa shape index (κ3) is 5.60. The predicted molar refractivity (Wildman–Crippen MR) is 119 cm³/mol. The summed E-state index contributed by atoms with van der Waals surface area (Å²) in [5, 5.41) is 0. The zero-order valence-electron chi connectivity index (χ0n) is 19.8. The van der Waals surface area contributed by atoms with E-state index in [1.807, 2.05) is 0 Å². The highest BCUT2D eigenvalue weighted by molar-refractivity contribution is 5.72. The molecule has 1 unspecified atom stereocenters. The predicted octanol–water partition coefficient (Wildman–Crippen LogP) is 9.50. The Labute approximate surface area is 218 Å². The van der Waals surface area contributed by atoms with E-state index in [0.717, 1.165) is 6.07 Å². The first-order chi connectivity index (χ1) is 18.5. The monoisotopic (exact) mass is 582 g/mol. The minimum atomic E-state index is -5.48. The molecular formula is C27H14F12O. The minimum absolute atomic E-state index is 0.128. The van der Waals surface area contributed by atoms with Gasteiger partial charge in [0.05, 0.1) is 11.7 Å². The summed E-state index contributed by atoms with van der Waals surface area (Å²) in [7, 11) is 0. The maximum atomic E-state index is 14.8. The molecule has 212 valence electrons. The Kier molecular flexibility index (Phi) is 7.56. The van der Waals surface area contributed by atoms with Crippen LogP contribution >= 0.6 is 0 Å². The maximum Gasteiger partial charge on any atom is 0.421 e. The average Bonchev–Trinajstić information content (AvgIpc) is 2.76. The van der Waals surface area contributed by atoms with Crippen LogP contribution in [0.15, 0.2) is 65.8 Å². The van der Waals surface area contributed by atoms with E-state index in [-0.39, 0.29) is 29.3 Å². The van der Waals surface area contributed by atoms with Gasteiger partial charge in [0.15, 0.2) is 0 Å². The van der Waals surface area contributed by atoms with Crippen molar-refractivity contribution in [2.45, 2.75) is 31.7 Å². The van der Waals surface area contributed by atoms with Crippen LogP contribution in [0.5, 0.6) is 0 Å². The first kappa shape index (κ1) is 29.2. The molecule has 1 atom stereocenters. The third-order valence-electron chi connectivity index (χ3n) is 5.91. The maximum absolute atomic E-state index is 14.8. The molecule has 0 saturated carbocycles. The minimum Gasteiger partial charge on any atom is -0.308 e. The normalized spacial score (nSPS) is 16.4. The lowest BCUT2D eigenvalue weighted by Crippen LogP contribution is -2.30. The molecule has 40 heavy (non-hydrogen) atoms. The van der Waals surface area contributed by atoms with Gasteiger partial charge in [-0.05, 0) is 60.0 Å². The van der Waals surface area contributed by atoms with Crippen LogP contribution in [0.25, 0.3) is 22.3 Å². The Morgan fingerprint density at radius 2 is 1.25 bits per heavy atom. The van der Waals surface area contributed by atoms with Gasteiger partial charge in [0.25, 0.3) is 0 Å².